The summed E-state index contributed by atoms with van der Waals surface area (Å²) in [5, 5.41) is 0. The van der Waals surface area contributed by atoms with Crippen LogP contribution >= 0.6 is 0 Å². The van der Waals surface area contributed by atoms with Gasteiger partial charge in [-0.3, -0.25) is 4.79 Å². The van der Waals surface area contributed by atoms with Crippen LogP contribution in [0.15, 0.2) is 29.2 Å². The molecule has 0 aliphatic heterocycles. The van der Waals surface area contributed by atoms with E-state index in [0.717, 1.165) is 0 Å². The van der Waals surface area contributed by atoms with Crippen LogP contribution in [-0.4, -0.2) is 18.5 Å². The number of ether oxygens (including phenoxy) is 1. The monoisotopic (exact) mass is 232 g/mol. The SMILES string of the molecule is CC(=O)Oc1ccc([S+](C)C)cc1.[Cl-]. The van der Waals surface area contributed by atoms with Crippen molar-refractivity contribution in [1.82, 2.24) is 0 Å². The second kappa shape index (κ2) is 5.94. The zero-order valence-electron chi connectivity index (χ0n) is 8.41. The topological polar surface area (TPSA) is 26.3 Å². The van der Waals surface area contributed by atoms with Crippen molar-refractivity contribution in [3.05, 3.63) is 24.3 Å². The van der Waals surface area contributed by atoms with Crippen LogP contribution in [0.25, 0.3) is 0 Å². The van der Waals surface area contributed by atoms with Gasteiger partial charge in [-0.1, -0.05) is 0 Å². The van der Waals surface area contributed by atoms with Crippen molar-refractivity contribution in [2.24, 2.45) is 0 Å². The molecule has 0 saturated carbocycles. The number of carbonyl (C=O) groups excluding carboxylic acids is 1. The third kappa shape index (κ3) is 4.03. The molecular formula is C10H13ClO2S. The van der Waals surface area contributed by atoms with Gasteiger partial charge in [0.1, 0.15) is 18.3 Å². The molecule has 0 heterocycles. The van der Waals surface area contributed by atoms with Crippen LogP contribution in [0.3, 0.4) is 0 Å². The summed E-state index contributed by atoms with van der Waals surface area (Å²) in [5.41, 5.74) is 0. The van der Waals surface area contributed by atoms with Crippen LogP contribution in [0.4, 0.5) is 0 Å². The van der Waals surface area contributed by atoms with Crippen LogP contribution in [0.1, 0.15) is 6.92 Å². The van der Waals surface area contributed by atoms with Crippen LogP contribution < -0.4 is 17.1 Å². The minimum atomic E-state index is -0.278. The van der Waals surface area contributed by atoms with Crippen LogP contribution in [0, 0.1) is 0 Å². The Bertz CT molecular complexity index is 295. The predicted octanol–water partition coefficient (Wildman–Crippen LogP) is -1.15. The molecule has 0 aromatic heterocycles. The number of hydrogen-bond donors (Lipinski definition) is 0. The first-order valence-corrected chi connectivity index (χ1v) is 6.00. The molecule has 14 heavy (non-hydrogen) atoms. The van der Waals surface area contributed by atoms with Gasteiger partial charge in [-0.25, -0.2) is 0 Å². The van der Waals surface area contributed by atoms with E-state index < -0.39 is 0 Å². The maximum absolute atomic E-state index is 10.6. The van der Waals surface area contributed by atoms with Gasteiger partial charge in [-0.15, -0.1) is 0 Å². The van der Waals surface area contributed by atoms with E-state index in [1.54, 1.807) is 0 Å². The largest absolute Gasteiger partial charge is 1.00 e. The third-order valence-electron chi connectivity index (χ3n) is 1.56. The lowest BCUT2D eigenvalue weighted by Crippen LogP contribution is -3.00. The molecule has 1 rings (SSSR count). The molecule has 0 unspecified atom stereocenters. The molecule has 0 saturated heterocycles. The van der Waals surface area contributed by atoms with E-state index in [0.29, 0.717) is 5.75 Å². The van der Waals surface area contributed by atoms with Crippen molar-refractivity contribution in [1.29, 1.82) is 0 Å². The van der Waals surface area contributed by atoms with Crippen molar-refractivity contribution in [2.75, 3.05) is 12.5 Å². The summed E-state index contributed by atoms with van der Waals surface area (Å²) in [7, 11) is 0.260. The molecule has 78 valence electrons. The fourth-order valence-corrected chi connectivity index (χ4v) is 1.63. The van der Waals surface area contributed by atoms with E-state index in [1.807, 2.05) is 24.3 Å². The highest BCUT2D eigenvalue weighted by Crippen LogP contribution is 2.15. The highest BCUT2D eigenvalue weighted by atomic mass is 35.5. The molecule has 0 atom stereocenters. The molecule has 1 aromatic carbocycles. The Morgan fingerprint density at radius 1 is 1.21 bits per heavy atom. The van der Waals surface area contributed by atoms with Gasteiger partial charge in [-0.2, -0.15) is 0 Å². The van der Waals surface area contributed by atoms with Gasteiger partial charge in [0.25, 0.3) is 0 Å². The normalized spacial score (nSPS) is 9.43. The van der Waals surface area contributed by atoms with Crippen LogP contribution in [0.5, 0.6) is 5.75 Å². The van der Waals surface area contributed by atoms with Gasteiger partial charge in [0.2, 0.25) is 0 Å². The standard InChI is InChI=1S/C10H13O2S.ClH/c1-8(11)12-9-4-6-10(7-5-9)13(2)3;/h4-7H,1-3H3;1H/q+1;/p-1. The van der Waals surface area contributed by atoms with E-state index in [9.17, 15) is 4.79 Å². The number of halogens is 1. The molecule has 0 radical (unpaired) electrons. The maximum atomic E-state index is 10.6. The van der Waals surface area contributed by atoms with Crippen molar-refractivity contribution in [3.63, 3.8) is 0 Å². The van der Waals surface area contributed by atoms with Gasteiger partial charge in [0.05, 0.1) is 0 Å². The fraction of sp³-hybridized carbons (Fsp3) is 0.300. The zero-order valence-corrected chi connectivity index (χ0v) is 9.98. The van der Waals surface area contributed by atoms with Gasteiger partial charge in [0, 0.05) is 17.8 Å². The second-order valence-electron chi connectivity index (χ2n) is 2.88. The van der Waals surface area contributed by atoms with Crippen molar-refractivity contribution in [2.45, 2.75) is 11.8 Å². The molecular weight excluding hydrogens is 220 g/mol. The number of benzene rings is 1. The Labute approximate surface area is 93.4 Å². The minimum absolute atomic E-state index is 0. The first-order chi connectivity index (χ1) is 6.09. The second-order valence-corrected chi connectivity index (χ2v) is 4.99. The lowest BCUT2D eigenvalue weighted by atomic mass is 10.3. The van der Waals surface area contributed by atoms with E-state index in [2.05, 4.69) is 12.5 Å². The van der Waals surface area contributed by atoms with Gasteiger partial charge >= 0.3 is 5.97 Å². The Kier molecular flexibility index (Phi) is 5.65. The fourth-order valence-electron chi connectivity index (χ4n) is 0.946. The summed E-state index contributed by atoms with van der Waals surface area (Å²) >= 11 is 0. The summed E-state index contributed by atoms with van der Waals surface area (Å²) in [6, 6.07) is 7.62. The lowest BCUT2D eigenvalue weighted by Gasteiger charge is -2.00. The molecule has 0 N–H and O–H groups in total. The van der Waals surface area contributed by atoms with Crippen molar-refractivity contribution < 1.29 is 21.9 Å². The summed E-state index contributed by atoms with van der Waals surface area (Å²) in [6.07, 6.45) is 4.31. The molecule has 0 amide bonds. The number of hydrogen-bond acceptors (Lipinski definition) is 2. The Morgan fingerprint density at radius 2 is 1.71 bits per heavy atom. The Balaban J connectivity index is 0.00000169. The van der Waals surface area contributed by atoms with E-state index in [4.69, 9.17) is 4.74 Å². The molecule has 0 bridgehead atoms. The third-order valence-corrected chi connectivity index (χ3v) is 2.77. The molecule has 1 aromatic rings. The molecule has 4 heteroatoms. The van der Waals surface area contributed by atoms with Gasteiger partial charge in [0.15, 0.2) is 4.90 Å². The average Bonchev–Trinajstić information content (AvgIpc) is 2.04. The number of rotatable bonds is 2. The summed E-state index contributed by atoms with van der Waals surface area (Å²) < 4.78 is 4.91. The van der Waals surface area contributed by atoms with E-state index >= 15 is 0 Å². The molecule has 2 nitrogen and oxygen atoms in total. The molecule has 0 aliphatic rings. The summed E-state index contributed by atoms with van der Waals surface area (Å²) in [5.74, 6) is 0.335. The quantitative estimate of drug-likeness (QED) is 0.366. The van der Waals surface area contributed by atoms with Crippen molar-refractivity contribution in [3.8, 4) is 5.75 Å². The Hall–Kier alpha value is -0.670. The first kappa shape index (κ1) is 13.3. The van der Waals surface area contributed by atoms with Gasteiger partial charge in [-0.05, 0) is 24.3 Å². The molecule has 0 spiro atoms. The summed E-state index contributed by atoms with van der Waals surface area (Å²) in [6.45, 7) is 1.40. The Morgan fingerprint density at radius 3 is 2.07 bits per heavy atom. The predicted molar refractivity (Wildman–Crippen MR) is 55.2 cm³/mol. The van der Waals surface area contributed by atoms with Crippen molar-refractivity contribution >= 4 is 16.9 Å². The summed E-state index contributed by atoms with van der Waals surface area (Å²) in [4.78, 5) is 11.9. The molecule has 0 aliphatic carbocycles. The zero-order chi connectivity index (χ0) is 9.84. The van der Waals surface area contributed by atoms with Gasteiger partial charge < -0.3 is 17.1 Å². The first-order valence-electron chi connectivity index (χ1n) is 3.95. The van der Waals surface area contributed by atoms with E-state index in [-0.39, 0.29) is 29.3 Å². The highest BCUT2D eigenvalue weighted by Gasteiger charge is 2.07. The average molecular weight is 233 g/mol. The highest BCUT2D eigenvalue weighted by molar-refractivity contribution is 7.95. The lowest BCUT2D eigenvalue weighted by molar-refractivity contribution is -0.131. The minimum Gasteiger partial charge on any atom is -1.00 e. The maximum Gasteiger partial charge on any atom is 0.308 e. The number of carbonyl (C=O) groups is 1. The van der Waals surface area contributed by atoms with E-state index in [1.165, 1.54) is 11.8 Å². The van der Waals surface area contributed by atoms with Crippen LogP contribution in [0.2, 0.25) is 0 Å². The van der Waals surface area contributed by atoms with Crippen LogP contribution in [-0.2, 0) is 15.7 Å². The smallest absolute Gasteiger partial charge is 0.308 e. The molecule has 0 fully saturated rings. The number of esters is 1.